The van der Waals surface area contributed by atoms with Gasteiger partial charge in [0.1, 0.15) is 0 Å². The number of hydrogen-bond acceptors (Lipinski definition) is 8. The van der Waals surface area contributed by atoms with Gasteiger partial charge in [-0.05, 0) is 78.8 Å². The average molecular weight is 614 g/mol. The minimum Gasteiger partial charge on any atom is -0.493 e. The molecule has 4 aromatic rings. The molecule has 4 N–H and O–H groups in total. The number of hydrogen-bond donors (Lipinski definition) is 4. The summed E-state index contributed by atoms with van der Waals surface area (Å²) in [7, 11) is 4.71. The second-order valence-electron chi connectivity index (χ2n) is 11.0. The highest BCUT2D eigenvalue weighted by molar-refractivity contribution is 5.93. The smallest absolute Gasteiger partial charge is 0.224 e. The molecule has 11 nitrogen and oxygen atoms in total. The first-order valence-electron chi connectivity index (χ1n) is 15.1. The van der Waals surface area contributed by atoms with Crippen molar-refractivity contribution in [3.8, 4) is 28.4 Å². The van der Waals surface area contributed by atoms with E-state index in [-0.39, 0.29) is 23.3 Å². The largest absolute Gasteiger partial charge is 0.493 e. The van der Waals surface area contributed by atoms with Crippen molar-refractivity contribution in [1.29, 1.82) is 0 Å². The molecule has 1 heterocycles. The maximum atomic E-state index is 13.5. The second-order valence-corrected chi connectivity index (χ2v) is 11.0. The van der Waals surface area contributed by atoms with Gasteiger partial charge in [0.25, 0.3) is 0 Å². The van der Waals surface area contributed by atoms with Crippen LogP contribution in [-0.2, 0) is 16.0 Å². The molecule has 0 radical (unpaired) electrons. The lowest BCUT2D eigenvalue weighted by Crippen LogP contribution is -2.26. The van der Waals surface area contributed by atoms with Gasteiger partial charge in [-0.2, -0.15) is 0 Å². The number of imidazole rings is 1. The number of aromatic nitrogens is 2. The third-order valence-corrected chi connectivity index (χ3v) is 8.02. The third kappa shape index (κ3) is 7.03. The Morgan fingerprint density at radius 3 is 2.56 bits per heavy atom. The Balaban J connectivity index is 1.28. The molecule has 1 atom stereocenters. The molecule has 11 heteroatoms. The molecule has 0 bridgehead atoms. The Hall–Kier alpha value is -5.06. The lowest BCUT2D eigenvalue weighted by atomic mass is 9.95. The van der Waals surface area contributed by atoms with Gasteiger partial charge in [-0.25, -0.2) is 4.98 Å². The van der Waals surface area contributed by atoms with Crippen LogP contribution in [0.3, 0.4) is 0 Å². The Kier molecular flexibility index (Phi) is 9.86. The molecule has 0 saturated heterocycles. The molecule has 45 heavy (non-hydrogen) atoms. The standard InChI is InChI=1S/C34H39N5O6/c1-20(40)38-25-12-9-21-16-30(43-2)33(44-3)34(45-4)32(21)23-11-14-27(29(41)18-24(23)25)35-15-7-5-6-8-31(42)39-22-10-13-26-28(17-22)37-19-36-26/h10-11,13-14,16-19,25H,5-9,12,15H2,1-4H3,(H,35,41)(H,36,37)(H,38,40)(H,39,42)/t25-/m1/s1. The maximum Gasteiger partial charge on any atom is 0.224 e. The van der Waals surface area contributed by atoms with Gasteiger partial charge < -0.3 is 35.1 Å². The van der Waals surface area contributed by atoms with Crippen LogP contribution in [0.2, 0.25) is 0 Å². The van der Waals surface area contributed by atoms with Crippen LogP contribution in [0.25, 0.3) is 22.2 Å². The zero-order valence-electron chi connectivity index (χ0n) is 26.0. The van der Waals surface area contributed by atoms with Crippen LogP contribution in [0.15, 0.2) is 53.6 Å². The zero-order valence-corrected chi connectivity index (χ0v) is 26.0. The van der Waals surface area contributed by atoms with Gasteiger partial charge in [0, 0.05) is 31.1 Å². The van der Waals surface area contributed by atoms with Crippen molar-refractivity contribution in [3.63, 3.8) is 0 Å². The lowest BCUT2D eigenvalue weighted by molar-refractivity contribution is -0.119. The number of carbonyl (C=O) groups excluding carboxylic acids is 2. The average Bonchev–Trinajstić information content (AvgIpc) is 3.37. The van der Waals surface area contributed by atoms with Crippen LogP contribution in [-0.4, -0.2) is 49.7 Å². The number of amides is 2. The van der Waals surface area contributed by atoms with Gasteiger partial charge in [0.2, 0.25) is 23.0 Å². The van der Waals surface area contributed by atoms with Crippen LogP contribution >= 0.6 is 0 Å². The van der Waals surface area contributed by atoms with E-state index in [9.17, 15) is 14.4 Å². The summed E-state index contributed by atoms with van der Waals surface area (Å²) in [5.74, 6) is 1.30. The van der Waals surface area contributed by atoms with Crippen molar-refractivity contribution in [3.05, 3.63) is 70.1 Å². The topological polar surface area (TPSA) is 144 Å². The van der Waals surface area contributed by atoms with Crippen LogP contribution in [0.1, 0.15) is 56.2 Å². The number of aromatic amines is 1. The summed E-state index contributed by atoms with van der Waals surface area (Å²) in [5, 5.41) is 9.24. The molecule has 0 unspecified atom stereocenters. The molecule has 236 valence electrons. The predicted octanol–water partition coefficient (Wildman–Crippen LogP) is 5.35. The van der Waals surface area contributed by atoms with E-state index in [4.69, 9.17) is 14.2 Å². The number of benzene rings is 2. The number of carbonyl (C=O) groups is 2. The van der Waals surface area contributed by atoms with Crippen LogP contribution in [0.4, 0.5) is 11.4 Å². The molecule has 1 aliphatic carbocycles. The summed E-state index contributed by atoms with van der Waals surface area (Å²) in [6.07, 6.45) is 5.58. The maximum absolute atomic E-state index is 13.5. The first-order chi connectivity index (χ1) is 21.8. The number of aryl methyl sites for hydroxylation is 1. The van der Waals surface area contributed by atoms with E-state index in [1.807, 2.05) is 30.3 Å². The summed E-state index contributed by atoms with van der Waals surface area (Å²) in [5.41, 5.74) is 6.00. The second kappa shape index (κ2) is 14.1. The van der Waals surface area contributed by atoms with E-state index in [1.54, 1.807) is 39.8 Å². The van der Waals surface area contributed by atoms with Gasteiger partial charge in [0.05, 0.1) is 50.4 Å². The molecule has 0 aliphatic heterocycles. The summed E-state index contributed by atoms with van der Waals surface area (Å²) < 4.78 is 17.1. The van der Waals surface area contributed by atoms with E-state index < -0.39 is 0 Å². The number of fused-ring (bicyclic) bond motifs is 4. The Morgan fingerprint density at radius 1 is 0.978 bits per heavy atom. The number of ether oxygens (including phenoxy) is 3. The molecule has 0 fully saturated rings. The zero-order chi connectivity index (χ0) is 31.9. The summed E-state index contributed by atoms with van der Waals surface area (Å²) >= 11 is 0. The number of nitrogens with one attached hydrogen (secondary N) is 4. The van der Waals surface area contributed by atoms with Gasteiger partial charge in [-0.1, -0.05) is 12.5 Å². The van der Waals surface area contributed by atoms with Gasteiger partial charge >= 0.3 is 0 Å². The lowest BCUT2D eigenvalue weighted by Gasteiger charge is -2.19. The first kappa shape index (κ1) is 31.4. The number of nitrogens with zero attached hydrogens (tertiary/aromatic N) is 1. The van der Waals surface area contributed by atoms with Gasteiger partial charge in [0.15, 0.2) is 11.5 Å². The number of rotatable bonds is 12. The fourth-order valence-electron chi connectivity index (χ4n) is 5.90. The summed E-state index contributed by atoms with van der Waals surface area (Å²) in [6.45, 7) is 2.05. The van der Waals surface area contributed by atoms with Crippen molar-refractivity contribution in [1.82, 2.24) is 15.3 Å². The van der Waals surface area contributed by atoms with Crippen LogP contribution in [0.5, 0.6) is 17.2 Å². The summed E-state index contributed by atoms with van der Waals surface area (Å²) in [4.78, 5) is 45.3. The van der Waals surface area contributed by atoms with E-state index in [2.05, 4.69) is 25.9 Å². The quantitative estimate of drug-likeness (QED) is 0.157. The normalized spacial score (nSPS) is 13.6. The van der Waals surface area contributed by atoms with E-state index in [0.29, 0.717) is 54.3 Å². The molecule has 2 amide bonds. The van der Waals surface area contributed by atoms with Crippen molar-refractivity contribution in [2.75, 3.05) is 38.5 Å². The summed E-state index contributed by atoms with van der Waals surface area (Å²) in [6, 6.07) is 12.4. The molecule has 1 aromatic heterocycles. The van der Waals surface area contributed by atoms with Crippen LogP contribution < -0.4 is 35.6 Å². The first-order valence-corrected chi connectivity index (χ1v) is 15.1. The third-order valence-electron chi connectivity index (χ3n) is 8.02. The molecule has 0 spiro atoms. The van der Waals surface area contributed by atoms with Crippen molar-refractivity contribution in [2.45, 2.75) is 51.5 Å². The Morgan fingerprint density at radius 2 is 1.80 bits per heavy atom. The Labute approximate surface area is 261 Å². The van der Waals surface area contributed by atoms with Gasteiger partial charge in [-0.15, -0.1) is 0 Å². The number of anilines is 2. The number of methoxy groups -OCH3 is 3. The van der Waals surface area contributed by atoms with Crippen molar-refractivity contribution < 1.29 is 23.8 Å². The monoisotopic (exact) mass is 613 g/mol. The Bertz CT molecular complexity index is 1770. The fraction of sp³-hybridized carbons (Fsp3) is 0.353. The highest BCUT2D eigenvalue weighted by Crippen LogP contribution is 2.50. The highest BCUT2D eigenvalue weighted by Gasteiger charge is 2.29. The molecular weight excluding hydrogens is 574 g/mol. The molecule has 1 aliphatic rings. The molecule has 3 aromatic carbocycles. The van der Waals surface area contributed by atoms with E-state index >= 15 is 0 Å². The predicted molar refractivity (Wildman–Crippen MR) is 174 cm³/mol. The molecular formula is C34H39N5O6. The SMILES string of the molecule is COc1cc2c(c(OC)c1OC)-c1ccc(NCCCCCC(=O)Nc3ccc4nc[nH]c4c3)c(=O)cc1[C@H](NC(C)=O)CC2. The number of unbranched alkanes of at least 4 members (excludes halogenated alkanes) is 2. The van der Waals surface area contributed by atoms with Crippen LogP contribution in [0, 0.1) is 0 Å². The minimum atomic E-state index is -0.368. The van der Waals surface area contributed by atoms with E-state index in [0.717, 1.165) is 52.7 Å². The molecule has 0 saturated carbocycles. The van der Waals surface area contributed by atoms with E-state index in [1.165, 1.54) is 6.92 Å². The number of H-pyrrole nitrogens is 1. The highest BCUT2D eigenvalue weighted by atomic mass is 16.5. The van der Waals surface area contributed by atoms with Gasteiger partial charge in [-0.3, -0.25) is 14.4 Å². The fourth-order valence-corrected chi connectivity index (χ4v) is 5.90. The van der Waals surface area contributed by atoms with Crippen molar-refractivity contribution in [2.24, 2.45) is 0 Å². The molecule has 5 rings (SSSR count). The minimum absolute atomic E-state index is 0.0427. The van der Waals surface area contributed by atoms with Crippen molar-refractivity contribution >= 4 is 34.2 Å².